The number of nitrogens with zero attached hydrogens (tertiary/aromatic N) is 2. The topological polar surface area (TPSA) is 96.3 Å². The molecule has 2 aromatic rings. The van der Waals surface area contributed by atoms with Gasteiger partial charge in [0.25, 0.3) is 5.56 Å². The van der Waals surface area contributed by atoms with Crippen molar-refractivity contribution in [3.63, 3.8) is 0 Å². The number of carbonyl (C=O) groups excluding carboxylic acids is 1. The molecular formula is C17H19N3O4. The Morgan fingerprint density at radius 2 is 2.04 bits per heavy atom. The van der Waals surface area contributed by atoms with Crippen LogP contribution in [-0.2, 0) is 24.7 Å². The molecule has 0 fully saturated rings. The summed E-state index contributed by atoms with van der Waals surface area (Å²) < 4.78 is 7.80. The molecule has 0 spiro atoms. The van der Waals surface area contributed by atoms with Gasteiger partial charge in [-0.05, 0) is 31.4 Å². The maximum absolute atomic E-state index is 12.8. The Hall–Kier alpha value is -2.83. The molecule has 7 nitrogen and oxygen atoms in total. The molecule has 0 saturated heterocycles. The number of hydrogen-bond acceptors (Lipinski definition) is 5. The summed E-state index contributed by atoms with van der Waals surface area (Å²) in [7, 11) is 1.65. The Morgan fingerprint density at radius 1 is 1.29 bits per heavy atom. The molecule has 24 heavy (non-hydrogen) atoms. The van der Waals surface area contributed by atoms with Gasteiger partial charge in [-0.2, -0.15) is 0 Å². The summed E-state index contributed by atoms with van der Waals surface area (Å²) in [6.45, 7) is 1.65. The van der Waals surface area contributed by atoms with E-state index in [0.29, 0.717) is 18.4 Å². The summed E-state index contributed by atoms with van der Waals surface area (Å²) >= 11 is 0. The molecule has 3 rings (SSSR count). The number of esters is 1. The number of nitrogen functional groups attached to an aromatic ring is 1. The van der Waals surface area contributed by atoms with Crippen LogP contribution in [0.15, 0.2) is 27.8 Å². The smallest absolute Gasteiger partial charge is 0.335 e. The first kappa shape index (κ1) is 16.0. The molecule has 126 valence electrons. The molecule has 1 aromatic carbocycles. The fraction of sp³-hybridized carbons (Fsp3) is 0.353. The van der Waals surface area contributed by atoms with Gasteiger partial charge in [-0.15, -0.1) is 0 Å². The van der Waals surface area contributed by atoms with Crippen molar-refractivity contribution < 1.29 is 9.53 Å². The minimum Gasteiger partial charge on any atom is -0.422 e. The highest BCUT2D eigenvalue weighted by Crippen LogP contribution is 2.29. The second-order valence-corrected chi connectivity index (χ2v) is 5.78. The van der Waals surface area contributed by atoms with Gasteiger partial charge in [0.1, 0.15) is 0 Å². The zero-order chi connectivity index (χ0) is 17.4. The van der Waals surface area contributed by atoms with Gasteiger partial charge in [-0.3, -0.25) is 9.59 Å². The van der Waals surface area contributed by atoms with Gasteiger partial charge in [0.2, 0.25) is 0 Å². The second-order valence-electron chi connectivity index (χ2n) is 5.78. The predicted molar refractivity (Wildman–Crippen MR) is 89.6 cm³/mol. The van der Waals surface area contributed by atoms with Crippen LogP contribution in [0.2, 0.25) is 0 Å². The van der Waals surface area contributed by atoms with Crippen molar-refractivity contribution in [3.05, 3.63) is 50.3 Å². The van der Waals surface area contributed by atoms with E-state index >= 15 is 0 Å². The number of nitrogens with two attached hydrogens (primary N) is 1. The molecule has 1 aromatic heterocycles. The molecule has 0 atom stereocenters. The van der Waals surface area contributed by atoms with E-state index in [1.165, 1.54) is 4.57 Å². The number of anilines is 1. The largest absolute Gasteiger partial charge is 0.422 e. The Balaban J connectivity index is 2.30. The minimum atomic E-state index is -0.486. The van der Waals surface area contributed by atoms with Gasteiger partial charge < -0.3 is 15.0 Å². The second kappa shape index (κ2) is 5.99. The van der Waals surface area contributed by atoms with Gasteiger partial charge in [0, 0.05) is 24.7 Å². The third-order valence-corrected chi connectivity index (χ3v) is 4.30. The Morgan fingerprint density at radius 3 is 2.75 bits per heavy atom. The van der Waals surface area contributed by atoms with Crippen LogP contribution in [0, 0.1) is 0 Å². The summed E-state index contributed by atoms with van der Waals surface area (Å²) in [5.74, 6) is -0.443. The third kappa shape index (κ3) is 2.42. The number of ether oxygens (including phenoxy) is 1. The summed E-state index contributed by atoms with van der Waals surface area (Å²) in [5.41, 5.74) is 6.87. The lowest BCUT2D eigenvalue weighted by atomic mass is 10.2. The minimum absolute atomic E-state index is 0.0431. The first-order valence-corrected chi connectivity index (χ1v) is 7.89. The third-order valence-electron chi connectivity index (χ3n) is 4.30. The van der Waals surface area contributed by atoms with E-state index in [1.807, 2.05) is 0 Å². The van der Waals surface area contributed by atoms with E-state index in [2.05, 4.69) is 0 Å². The quantitative estimate of drug-likeness (QED) is 0.513. The van der Waals surface area contributed by atoms with Crippen molar-refractivity contribution in [2.24, 2.45) is 7.05 Å². The molecule has 0 radical (unpaired) electrons. The standard InChI is InChI=1S/C17H19N3O4/c1-3-14(21)24-15-11(18)7-5-9-13(15)20-16(22)10-6-4-8-12(10)19(2)17(20)23/h5,7,9H,3-4,6,8,18H2,1-2H3. The Kier molecular flexibility index (Phi) is 4.01. The number of carbonyl (C=O) groups is 1. The van der Waals surface area contributed by atoms with E-state index in [4.69, 9.17) is 10.5 Å². The van der Waals surface area contributed by atoms with Crippen molar-refractivity contribution >= 4 is 11.7 Å². The molecule has 7 heteroatoms. The number of para-hydroxylation sites is 1. The number of benzene rings is 1. The molecule has 1 heterocycles. The van der Waals surface area contributed by atoms with Gasteiger partial charge in [-0.1, -0.05) is 13.0 Å². The van der Waals surface area contributed by atoms with Crippen LogP contribution < -0.4 is 21.7 Å². The van der Waals surface area contributed by atoms with Crippen LogP contribution in [0.1, 0.15) is 31.0 Å². The molecule has 0 unspecified atom stereocenters. The maximum Gasteiger partial charge on any atom is 0.335 e. The fourth-order valence-corrected chi connectivity index (χ4v) is 3.04. The molecule has 1 aliphatic carbocycles. The number of fused-ring (bicyclic) bond motifs is 1. The monoisotopic (exact) mass is 329 g/mol. The lowest BCUT2D eigenvalue weighted by molar-refractivity contribution is -0.133. The van der Waals surface area contributed by atoms with E-state index in [1.54, 1.807) is 32.2 Å². The zero-order valence-corrected chi connectivity index (χ0v) is 13.7. The lowest BCUT2D eigenvalue weighted by Crippen LogP contribution is -2.40. The lowest BCUT2D eigenvalue weighted by Gasteiger charge is -2.16. The summed E-state index contributed by atoms with van der Waals surface area (Å²) in [4.78, 5) is 37.2. The highest BCUT2D eigenvalue weighted by atomic mass is 16.5. The van der Waals surface area contributed by atoms with E-state index in [-0.39, 0.29) is 29.1 Å². The zero-order valence-electron chi connectivity index (χ0n) is 13.7. The van der Waals surface area contributed by atoms with Crippen molar-refractivity contribution in [2.45, 2.75) is 32.6 Å². The molecule has 0 amide bonds. The van der Waals surface area contributed by atoms with Crippen molar-refractivity contribution in [1.29, 1.82) is 0 Å². The molecule has 0 bridgehead atoms. The average Bonchev–Trinajstić information content (AvgIpc) is 3.05. The first-order chi connectivity index (χ1) is 11.5. The SMILES string of the molecule is CCC(=O)Oc1c(N)cccc1-n1c(=O)c2c(n(C)c1=O)CCC2. The van der Waals surface area contributed by atoms with Crippen molar-refractivity contribution in [3.8, 4) is 11.4 Å². The first-order valence-electron chi connectivity index (χ1n) is 7.89. The fourth-order valence-electron chi connectivity index (χ4n) is 3.04. The van der Waals surface area contributed by atoms with Crippen LogP contribution in [-0.4, -0.2) is 15.1 Å². The number of aromatic nitrogens is 2. The summed E-state index contributed by atoms with van der Waals surface area (Å²) in [6, 6.07) is 4.73. The molecule has 1 aliphatic rings. The molecular weight excluding hydrogens is 310 g/mol. The van der Waals surface area contributed by atoms with Gasteiger partial charge in [-0.25, -0.2) is 9.36 Å². The van der Waals surface area contributed by atoms with Crippen LogP contribution in [0.3, 0.4) is 0 Å². The molecule has 0 aliphatic heterocycles. The van der Waals surface area contributed by atoms with Crippen LogP contribution in [0.4, 0.5) is 5.69 Å². The average molecular weight is 329 g/mol. The van der Waals surface area contributed by atoms with Crippen LogP contribution >= 0.6 is 0 Å². The molecule has 2 N–H and O–H groups in total. The van der Waals surface area contributed by atoms with E-state index in [0.717, 1.165) is 16.7 Å². The van der Waals surface area contributed by atoms with Crippen LogP contribution in [0.5, 0.6) is 5.75 Å². The normalized spacial score (nSPS) is 12.9. The Bertz CT molecular complexity index is 940. The van der Waals surface area contributed by atoms with Crippen LogP contribution in [0.25, 0.3) is 5.69 Å². The van der Waals surface area contributed by atoms with Crippen molar-refractivity contribution in [1.82, 2.24) is 9.13 Å². The molecule has 0 saturated carbocycles. The van der Waals surface area contributed by atoms with E-state index < -0.39 is 11.7 Å². The Labute approximate surface area is 138 Å². The number of hydrogen-bond donors (Lipinski definition) is 1. The maximum atomic E-state index is 12.8. The summed E-state index contributed by atoms with van der Waals surface area (Å²) in [6.07, 6.45) is 2.35. The van der Waals surface area contributed by atoms with Gasteiger partial charge in [0.15, 0.2) is 5.75 Å². The summed E-state index contributed by atoms with van der Waals surface area (Å²) in [5, 5.41) is 0. The highest BCUT2D eigenvalue weighted by molar-refractivity contribution is 5.77. The van der Waals surface area contributed by atoms with Gasteiger partial charge >= 0.3 is 11.7 Å². The van der Waals surface area contributed by atoms with Gasteiger partial charge in [0.05, 0.1) is 11.4 Å². The predicted octanol–water partition coefficient (Wildman–Crippen LogP) is 0.922. The highest BCUT2D eigenvalue weighted by Gasteiger charge is 2.24. The number of rotatable bonds is 3. The van der Waals surface area contributed by atoms with Crippen molar-refractivity contribution in [2.75, 3.05) is 5.73 Å². The van der Waals surface area contributed by atoms with E-state index in [9.17, 15) is 14.4 Å².